The predicted octanol–water partition coefficient (Wildman–Crippen LogP) is 6.91. The molecule has 0 spiro atoms. The van der Waals surface area contributed by atoms with Crippen LogP contribution in [0.2, 0.25) is 0 Å². The number of fused-ring (bicyclic) bond motifs is 4. The molecule has 0 heterocycles. The molecule has 0 unspecified atom stereocenters. The number of nitrogens with zero attached hydrogens (tertiary/aromatic N) is 1. The second-order valence-corrected chi connectivity index (χ2v) is 9.29. The van der Waals surface area contributed by atoms with E-state index in [1.54, 1.807) is 6.92 Å². The highest BCUT2D eigenvalue weighted by atomic mass is 16.5. The number of rotatable bonds is 7. The van der Waals surface area contributed by atoms with Crippen molar-refractivity contribution < 1.29 is 19.1 Å². The van der Waals surface area contributed by atoms with Gasteiger partial charge in [0.15, 0.2) is 5.41 Å². The third-order valence-corrected chi connectivity index (χ3v) is 7.23. The summed E-state index contributed by atoms with van der Waals surface area (Å²) < 4.78 is 10.5. The standard InChI is InChI=1S/C33H27NO4/c1-3-38-32(36)33(21-34,20-29(35)37-2)31(27-16-8-12-22-10-4-6-14-25(22)27)28-17-9-13-24-19-18-23-11-5-7-15-26(23)30(24)28/h4-19,31H,3,20H2,1-2H3/t31-,33-/m1/s1. The van der Waals surface area contributed by atoms with Gasteiger partial charge in [0.2, 0.25) is 0 Å². The first-order chi connectivity index (χ1) is 18.5. The van der Waals surface area contributed by atoms with E-state index >= 15 is 0 Å². The van der Waals surface area contributed by atoms with E-state index < -0.39 is 29.7 Å². The summed E-state index contributed by atoms with van der Waals surface area (Å²) in [4.78, 5) is 26.6. The SMILES string of the molecule is CCOC(=O)[C@@](C#N)(CC(=O)OC)[C@H](c1cccc2ccccc12)c1cccc2ccc3ccccc3c12. The topological polar surface area (TPSA) is 76.4 Å². The zero-order valence-electron chi connectivity index (χ0n) is 21.3. The van der Waals surface area contributed by atoms with Crippen molar-refractivity contribution in [1.29, 1.82) is 5.26 Å². The molecule has 0 aromatic heterocycles. The zero-order valence-corrected chi connectivity index (χ0v) is 21.3. The molecule has 0 aliphatic heterocycles. The van der Waals surface area contributed by atoms with Gasteiger partial charge in [-0.1, -0.05) is 97.1 Å². The van der Waals surface area contributed by atoms with Crippen LogP contribution in [0.1, 0.15) is 30.4 Å². The van der Waals surface area contributed by atoms with Crippen LogP contribution in [0.25, 0.3) is 32.3 Å². The molecule has 0 bridgehead atoms. The van der Waals surface area contributed by atoms with Crippen LogP contribution in [0.5, 0.6) is 0 Å². The minimum absolute atomic E-state index is 0.0736. The molecule has 0 radical (unpaired) electrons. The third-order valence-electron chi connectivity index (χ3n) is 7.23. The number of nitriles is 1. The van der Waals surface area contributed by atoms with Gasteiger partial charge < -0.3 is 9.47 Å². The number of methoxy groups -OCH3 is 1. The first-order valence-corrected chi connectivity index (χ1v) is 12.6. The Bertz CT molecular complexity index is 1710. The zero-order chi connectivity index (χ0) is 26.7. The van der Waals surface area contributed by atoms with Crippen molar-refractivity contribution in [2.24, 2.45) is 5.41 Å². The maximum atomic E-state index is 13.8. The lowest BCUT2D eigenvalue weighted by molar-refractivity contribution is -0.158. The summed E-state index contributed by atoms with van der Waals surface area (Å²) in [5.41, 5.74) is -0.338. The number of esters is 2. The third kappa shape index (κ3) is 4.14. The van der Waals surface area contributed by atoms with Gasteiger partial charge in [0, 0.05) is 5.92 Å². The summed E-state index contributed by atoms with van der Waals surface area (Å²) >= 11 is 0. The van der Waals surface area contributed by atoms with E-state index in [4.69, 9.17) is 9.47 Å². The van der Waals surface area contributed by atoms with Crippen molar-refractivity contribution in [3.05, 3.63) is 108 Å². The Morgan fingerprint density at radius 1 is 0.789 bits per heavy atom. The average molecular weight is 502 g/mol. The second-order valence-electron chi connectivity index (χ2n) is 9.29. The summed E-state index contributed by atoms with van der Waals surface area (Å²) in [6.07, 6.45) is -0.451. The van der Waals surface area contributed by atoms with Gasteiger partial charge in [0.25, 0.3) is 0 Å². The molecule has 2 atom stereocenters. The molecule has 0 N–H and O–H groups in total. The van der Waals surface area contributed by atoms with Crippen molar-refractivity contribution in [2.75, 3.05) is 13.7 Å². The summed E-state index contributed by atoms with van der Waals surface area (Å²) in [5.74, 6) is -2.23. The van der Waals surface area contributed by atoms with E-state index in [9.17, 15) is 14.9 Å². The Balaban J connectivity index is 1.95. The molecule has 0 aliphatic rings. The number of carbonyl (C=O) groups excluding carboxylic acids is 2. The van der Waals surface area contributed by atoms with Gasteiger partial charge in [0.1, 0.15) is 0 Å². The van der Waals surface area contributed by atoms with Crippen LogP contribution >= 0.6 is 0 Å². The minimum atomic E-state index is -1.88. The van der Waals surface area contributed by atoms with Gasteiger partial charge in [-0.15, -0.1) is 0 Å². The smallest absolute Gasteiger partial charge is 0.328 e. The first-order valence-electron chi connectivity index (χ1n) is 12.6. The normalized spacial score (nSPS) is 13.5. The van der Waals surface area contributed by atoms with E-state index in [0.717, 1.165) is 43.4 Å². The highest BCUT2D eigenvalue weighted by Crippen LogP contribution is 2.49. The maximum Gasteiger partial charge on any atom is 0.328 e. The Morgan fingerprint density at radius 3 is 2.05 bits per heavy atom. The van der Waals surface area contributed by atoms with Crippen LogP contribution in [0.15, 0.2) is 97.1 Å². The van der Waals surface area contributed by atoms with Gasteiger partial charge in [-0.25, -0.2) is 0 Å². The predicted molar refractivity (Wildman–Crippen MR) is 149 cm³/mol. The van der Waals surface area contributed by atoms with E-state index in [-0.39, 0.29) is 6.61 Å². The van der Waals surface area contributed by atoms with Crippen molar-refractivity contribution in [1.82, 2.24) is 0 Å². The molecule has 5 nitrogen and oxygen atoms in total. The minimum Gasteiger partial charge on any atom is -0.469 e. The van der Waals surface area contributed by atoms with Gasteiger partial charge in [0.05, 0.1) is 26.2 Å². The highest BCUT2D eigenvalue weighted by molar-refractivity contribution is 6.10. The average Bonchev–Trinajstić information content (AvgIpc) is 2.96. The molecule has 38 heavy (non-hydrogen) atoms. The molecule has 0 saturated carbocycles. The molecule has 0 aliphatic carbocycles. The molecular formula is C33H27NO4. The Hall–Kier alpha value is -4.69. The van der Waals surface area contributed by atoms with Gasteiger partial charge >= 0.3 is 11.9 Å². The largest absolute Gasteiger partial charge is 0.469 e. The number of hydrogen-bond donors (Lipinski definition) is 0. The molecule has 5 aromatic rings. The summed E-state index contributed by atoms with van der Waals surface area (Å²) in [5, 5.41) is 16.6. The quantitative estimate of drug-likeness (QED) is 0.179. The first kappa shape index (κ1) is 25.0. The molecular weight excluding hydrogens is 474 g/mol. The lowest BCUT2D eigenvalue weighted by Crippen LogP contribution is -2.40. The van der Waals surface area contributed by atoms with Crippen LogP contribution in [-0.2, 0) is 19.1 Å². The van der Waals surface area contributed by atoms with Gasteiger partial charge in [-0.3, -0.25) is 9.59 Å². The maximum absolute atomic E-state index is 13.8. The van der Waals surface area contributed by atoms with Crippen LogP contribution in [-0.4, -0.2) is 25.7 Å². The van der Waals surface area contributed by atoms with Gasteiger partial charge in [-0.05, 0) is 50.4 Å². The van der Waals surface area contributed by atoms with Crippen molar-refractivity contribution >= 4 is 44.3 Å². The highest BCUT2D eigenvalue weighted by Gasteiger charge is 2.52. The summed E-state index contributed by atoms with van der Waals surface area (Å²) in [6.45, 7) is 1.76. The fourth-order valence-corrected chi connectivity index (χ4v) is 5.53. The molecule has 0 fully saturated rings. The van der Waals surface area contributed by atoms with Crippen molar-refractivity contribution in [2.45, 2.75) is 19.3 Å². The molecule has 5 rings (SSSR count). The molecule has 188 valence electrons. The number of hydrogen-bond acceptors (Lipinski definition) is 5. The van der Waals surface area contributed by atoms with Crippen LogP contribution < -0.4 is 0 Å². The van der Waals surface area contributed by atoms with E-state index in [1.807, 2.05) is 91.0 Å². The van der Waals surface area contributed by atoms with E-state index in [0.29, 0.717) is 0 Å². The molecule has 0 saturated heterocycles. The summed E-state index contributed by atoms with van der Waals surface area (Å²) in [7, 11) is 1.26. The van der Waals surface area contributed by atoms with Crippen LogP contribution in [0, 0.1) is 16.7 Å². The Morgan fingerprint density at radius 2 is 1.37 bits per heavy atom. The molecule has 5 aromatic carbocycles. The Labute approximate surface area is 221 Å². The van der Waals surface area contributed by atoms with Crippen molar-refractivity contribution in [3.63, 3.8) is 0 Å². The van der Waals surface area contributed by atoms with E-state index in [1.165, 1.54) is 7.11 Å². The number of ether oxygens (including phenoxy) is 2. The molecule has 5 heteroatoms. The number of carbonyl (C=O) groups is 2. The second kappa shape index (κ2) is 10.4. The fraction of sp³-hybridized carbons (Fsp3) is 0.182. The van der Waals surface area contributed by atoms with Crippen LogP contribution in [0.3, 0.4) is 0 Å². The fourth-order valence-electron chi connectivity index (χ4n) is 5.53. The number of benzene rings is 5. The summed E-state index contributed by atoms with van der Waals surface area (Å²) in [6, 6.07) is 34.0. The van der Waals surface area contributed by atoms with Crippen molar-refractivity contribution in [3.8, 4) is 6.07 Å². The van der Waals surface area contributed by atoms with Crippen LogP contribution in [0.4, 0.5) is 0 Å². The lowest BCUT2D eigenvalue weighted by atomic mass is 9.65. The van der Waals surface area contributed by atoms with Gasteiger partial charge in [-0.2, -0.15) is 5.26 Å². The monoisotopic (exact) mass is 501 g/mol. The molecule has 0 amide bonds. The lowest BCUT2D eigenvalue weighted by Gasteiger charge is -2.34. The Kier molecular flexibility index (Phi) is 6.81. The van der Waals surface area contributed by atoms with E-state index in [2.05, 4.69) is 12.1 Å².